The van der Waals surface area contributed by atoms with E-state index in [0.717, 1.165) is 0 Å². The molecule has 3 heteroatoms. The van der Waals surface area contributed by atoms with Crippen LogP contribution in [0.3, 0.4) is 0 Å². The van der Waals surface area contributed by atoms with Crippen molar-refractivity contribution in [1.82, 2.24) is 5.43 Å². The maximum absolute atomic E-state index is 9.52. The quantitative estimate of drug-likeness (QED) is 0.227. The van der Waals surface area contributed by atoms with Crippen molar-refractivity contribution < 1.29 is 4.79 Å². The molecule has 0 fully saturated rings. The summed E-state index contributed by atoms with van der Waals surface area (Å²) in [4.78, 5) is 9.52. The highest BCUT2D eigenvalue weighted by Gasteiger charge is 1.77. The topological polar surface area (TPSA) is 57.2 Å². The number of nitrogens with two attached hydrogens (primary N) is 1. The molecule has 0 atom stereocenters. The number of carbonyl (C=O) groups is 1. The van der Waals surface area contributed by atoms with Crippen LogP contribution in [0.15, 0.2) is 0 Å². The van der Waals surface area contributed by atoms with E-state index in [2.05, 4.69) is 11.3 Å². The summed E-state index contributed by atoms with van der Waals surface area (Å²) in [5.41, 5.74) is 2.75. The highest BCUT2D eigenvalue weighted by Crippen LogP contribution is 1.45. The summed E-state index contributed by atoms with van der Waals surface area (Å²) >= 11 is 0. The summed E-state index contributed by atoms with van der Waals surface area (Å²) in [6.07, 6.45) is 0. The van der Waals surface area contributed by atoms with Crippen LogP contribution in [0, 0.1) is 0 Å². The Kier molecular flexibility index (Phi) is 1.53. The molecule has 0 aromatic rings. The minimum atomic E-state index is -0.343. The first-order valence-electron chi connectivity index (χ1n) is 1.19. The largest absolute Gasteiger partial charge is 0.272 e. The van der Waals surface area contributed by atoms with E-state index in [1.807, 2.05) is 0 Å². The van der Waals surface area contributed by atoms with Crippen molar-refractivity contribution in [3.8, 4) is 0 Å². The predicted molar refractivity (Wildman–Crippen MR) is 17.0 cm³/mol. The third kappa shape index (κ3) is 3.43. The van der Waals surface area contributed by atoms with Crippen LogP contribution in [0.2, 0.25) is 0 Å². The highest BCUT2D eigenvalue weighted by molar-refractivity contribution is 5.71. The van der Waals surface area contributed by atoms with Gasteiger partial charge in [-0.2, -0.15) is 5.43 Å². The Morgan fingerprint density at radius 2 is 2.20 bits per heavy atom. The van der Waals surface area contributed by atoms with Gasteiger partial charge in [0.15, 0.2) is 0 Å². The number of rotatable bonds is 0. The Labute approximate surface area is 30.1 Å². The van der Waals surface area contributed by atoms with Crippen molar-refractivity contribution in [2.45, 2.75) is 6.92 Å². The van der Waals surface area contributed by atoms with Gasteiger partial charge in [-0.15, -0.1) is 0 Å². The van der Waals surface area contributed by atoms with Crippen molar-refractivity contribution in [1.29, 1.82) is 0 Å². The molecule has 0 bridgehead atoms. The molecule has 0 aliphatic heterocycles. The molecule has 0 aromatic heterocycles. The van der Waals surface area contributed by atoms with Crippen molar-refractivity contribution in [3.05, 3.63) is 0 Å². The fourth-order valence-corrected chi connectivity index (χ4v) is 0. The predicted octanol–water partition coefficient (Wildman–Crippen LogP) is -0.989. The van der Waals surface area contributed by atoms with Crippen LogP contribution in [0.4, 0.5) is 0 Å². The Balaban J connectivity index is 2.85. The van der Waals surface area contributed by atoms with Crippen LogP contribution >= 0.6 is 0 Å². The molecule has 1 amide bonds. The summed E-state index contributed by atoms with van der Waals surface area (Å²) in [6, 6.07) is 0. The van der Waals surface area contributed by atoms with Gasteiger partial charge in [0.05, 0.1) is 0 Å². The van der Waals surface area contributed by atoms with Crippen LogP contribution in [-0.2, 0) is 4.79 Å². The van der Waals surface area contributed by atoms with E-state index >= 15 is 0 Å². The first-order valence-corrected chi connectivity index (χ1v) is 1.19. The molecule has 0 heterocycles. The van der Waals surface area contributed by atoms with Crippen molar-refractivity contribution in [2.75, 3.05) is 0 Å². The van der Waals surface area contributed by atoms with Gasteiger partial charge in [0, 0.05) is 6.92 Å². The Morgan fingerprint density at radius 1 is 2.00 bits per heavy atom. The number of carbonyl (C=O) groups excluding carboxylic acids is 1. The molecule has 0 rings (SSSR count). The van der Waals surface area contributed by atoms with Gasteiger partial charge in [0.2, 0.25) is 0 Å². The second kappa shape index (κ2) is 1.72. The van der Waals surface area contributed by atoms with Gasteiger partial charge < -0.3 is 0 Å². The van der Waals surface area contributed by atoms with Crippen LogP contribution in [0.1, 0.15) is 6.92 Å². The summed E-state index contributed by atoms with van der Waals surface area (Å²) in [7, 11) is 0. The van der Waals surface area contributed by atoms with Gasteiger partial charge in [-0.3, -0.25) is 4.79 Å². The normalized spacial score (nSPS) is 6.80. The van der Waals surface area contributed by atoms with Gasteiger partial charge in [-0.25, -0.2) is 5.84 Å². The molecule has 1 radical (unpaired) electrons. The van der Waals surface area contributed by atoms with Crippen molar-refractivity contribution in [2.24, 2.45) is 5.84 Å². The van der Waals surface area contributed by atoms with Crippen molar-refractivity contribution in [3.63, 3.8) is 0 Å². The zero-order valence-corrected chi connectivity index (χ0v) is 2.93. The van der Waals surface area contributed by atoms with Crippen LogP contribution in [0.5, 0.6) is 0 Å². The Morgan fingerprint density at radius 3 is 2.20 bits per heavy atom. The average Bonchev–Trinajstić information content (AvgIpc) is 1.38. The molecule has 29 valence electrons. The highest BCUT2D eigenvalue weighted by atomic mass is 16.2. The van der Waals surface area contributed by atoms with Gasteiger partial charge in [0.1, 0.15) is 0 Å². The maximum Gasteiger partial charge on any atom is 0.254 e. The SMILES string of the molecule is CC(=O)[N]N. The van der Waals surface area contributed by atoms with Gasteiger partial charge in [0.25, 0.3) is 5.91 Å². The van der Waals surface area contributed by atoms with E-state index in [4.69, 9.17) is 0 Å². The Hall–Kier alpha value is -0.570. The third-order valence-corrected chi connectivity index (χ3v) is 0.182. The monoisotopic (exact) mass is 73.0 g/mol. The number of hydrogen-bond acceptors (Lipinski definition) is 2. The molecule has 0 unspecified atom stereocenters. The lowest BCUT2D eigenvalue weighted by atomic mass is 10.8. The van der Waals surface area contributed by atoms with Crippen LogP contribution in [0.25, 0.3) is 0 Å². The van der Waals surface area contributed by atoms with Crippen molar-refractivity contribution >= 4 is 5.91 Å². The van der Waals surface area contributed by atoms with Gasteiger partial charge in [-0.05, 0) is 0 Å². The van der Waals surface area contributed by atoms with E-state index in [0.29, 0.717) is 0 Å². The number of amides is 1. The summed E-state index contributed by atoms with van der Waals surface area (Å²) < 4.78 is 0. The first kappa shape index (κ1) is 4.43. The molecule has 0 saturated carbocycles. The molecular weight excluding hydrogens is 68.0 g/mol. The van der Waals surface area contributed by atoms with Gasteiger partial charge >= 0.3 is 0 Å². The van der Waals surface area contributed by atoms with Crippen LogP contribution < -0.4 is 11.3 Å². The second-order valence-electron chi connectivity index (χ2n) is 0.648. The molecular formula is C2H5N2O. The average molecular weight is 73.1 g/mol. The van der Waals surface area contributed by atoms with Gasteiger partial charge in [-0.1, -0.05) is 0 Å². The second-order valence-corrected chi connectivity index (χ2v) is 0.648. The molecule has 0 saturated heterocycles. The van der Waals surface area contributed by atoms with E-state index in [-0.39, 0.29) is 5.91 Å². The first-order chi connectivity index (χ1) is 2.27. The summed E-state index contributed by atoms with van der Waals surface area (Å²) in [5.74, 6) is 4.10. The van der Waals surface area contributed by atoms with E-state index in [9.17, 15) is 4.79 Å². The zero-order chi connectivity index (χ0) is 4.28. The molecule has 0 aliphatic rings. The van der Waals surface area contributed by atoms with E-state index < -0.39 is 0 Å². The number of nitrogens with zero attached hydrogens (tertiary/aromatic N) is 1. The summed E-state index contributed by atoms with van der Waals surface area (Å²) in [5, 5.41) is 0. The van der Waals surface area contributed by atoms with E-state index in [1.165, 1.54) is 6.92 Å². The third-order valence-electron chi connectivity index (χ3n) is 0.182. The smallest absolute Gasteiger partial charge is 0.254 e. The molecule has 0 aliphatic carbocycles. The van der Waals surface area contributed by atoms with E-state index in [1.54, 1.807) is 0 Å². The standard InChI is InChI=1S/C2H5N2O/c1-2(5)4-3/h3H2,1H3. The lowest BCUT2D eigenvalue weighted by Gasteiger charge is -1.74. The molecule has 0 spiro atoms. The lowest BCUT2D eigenvalue weighted by molar-refractivity contribution is -0.119. The maximum atomic E-state index is 9.52. The minimum absolute atomic E-state index is 0.343. The molecule has 0 aromatic carbocycles. The molecule has 3 nitrogen and oxygen atoms in total. The molecule has 5 heavy (non-hydrogen) atoms. The number of hydrogen-bond donors (Lipinski definition) is 1. The lowest BCUT2D eigenvalue weighted by Crippen LogP contribution is -2.17. The van der Waals surface area contributed by atoms with Crippen LogP contribution in [-0.4, -0.2) is 5.91 Å². The minimum Gasteiger partial charge on any atom is -0.272 e. The fraction of sp³-hybridized carbons (Fsp3) is 0.500. The summed E-state index contributed by atoms with van der Waals surface area (Å²) in [6.45, 7) is 1.29. The molecule has 2 N–H and O–H groups in total. The Bertz CT molecular complexity index is 42.9. The zero-order valence-electron chi connectivity index (χ0n) is 2.93. The fourth-order valence-electron chi connectivity index (χ4n) is 0.